The molecule has 0 spiro atoms. The lowest BCUT2D eigenvalue weighted by Crippen LogP contribution is -2.61. The van der Waals surface area contributed by atoms with Crippen molar-refractivity contribution >= 4 is 29.4 Å². The average molecular weight is 557 g/mol. The number of carbonyl (C=O) groups is 5. The van der Waals surface area contributed by atoms with Crippen molar-refractivity contribution in [3.63, 3.8) is 0 Å². The summed E-state index contributed by atoms with van der Waals surface area (Å²) in [6.07, 6.45) is 7.16. The highest BCUT2D eigenvalue weighted by atomic mass is 16.5. The molecule has 218 valence electrons. The number of hydrogen-bond acceptors (Lipinski definition) is 9. The summed E-state index contributed by atoms with van der Waals surface area (Å²) in [6, 6.07) is -0.994. The Hall–Kier alpha value is -2.85. The van der Waals surface area contributed by atoms with Crippen molar-refractivity contribution in [2.24, 2.45) is 28.6 Å². The Labute approximate surface area is 233 Å². The molecule has 10 heteroatoms. The number of ketones is 2. The molecule has 0 radical (unpaired) electrons. The van der Waals surface area contributed by atoms with Crippen LogP contribution in [0, 0.1) is 28.6 Å². The molecule has 0 aromatic heterocycles. The van der Waals surface area contributed by atoms with E-state index in [1.807, 2.05) is 13.0 Å². The van der Waals surface area contributed by atoms with Gasteiger partial charge in [-0.3, -0.25) is 19.2 Å². The summed E-state index contributed by atoms with van der Waals surface area (Å²) in [7, 11) is 0. The molecule has 10 nitrogen and oxygen atoms in total. The van der Waals surface area contributed by atoms with Gasteiger partial charge in [-0.15, -0.1) is 0 Å². The second-order valence-corrected chi connectivity index (χ2v) is 12.8. The van der Waals surface area contributed by atoms with Crippen LogP contribution in [0.1, 0.15) is 71.6 Å². The molecule has 4 aliphatic carbocycles. The molecular weight excluding hydrogens is 518 g/mol. The van der Waals surface area contributed by atoms with Crippen LogP contribution in [0.25, 0.3) is 0 Å². The van der Waals surface area contributed by atoms with Crippen molar-refractivity contribution in [3.05, 3.63) is 23.8 Å². The summed E-state index contributed by atoms with van der Waals surface area (Å²) in [5.74, 6) is -3.35. The lowest BCUT2D eigenvalue weighted by molar-refractivity contribution is -0.310. The number of aliphatic hydroxyl groups excluding tert-OH is 1. The van der Waals surface area contributed by atoms with Crippen molar-refractivity contribution in [2.75, 3.05) is 13.2 Å². The quantitative estimate of drug-likeness (QED) is 0.429. The summed E-state index contributed by atoms with van der Waals surface area (Å²) in [5.41, 5.74) is -2.11. The van der Waals surface area contributed by atoms with Gasteiger partial charge in [0.05, 0.1) is 24.5 Å². The Morgan fingerprint density at radius 1 is 1.15 bits per heavy atom. The van der Waals surface area contributed by atoms with E-state index in [0.29, 0.717) is 19.3 Å². The number of fused-ring (bicyclic) bond motifs is 5. The number of ether oxygens (including phenoxy) is 1. The normalized spacial score (nSPS) is 40.1. The molecule has 0 unspecified atom stereocenters. The van der Waals surface area contributed by atoms with Crippen LogP contribution in [0.2, 0.25) is 0 Å². The van der Waals surface area contributed by atoms with Crippen LogP contribution in [0.5, 0.6) is 0 Å². The third kappa shape index (κ3) is 4.43. The number of aliphatic hydroxyl groups is 2. The topological polar surface area (TPSA) is 161 Å². The largest absolute Gasteiger partial charge is 0.548 e. The molecule has 4 fully saturated rings. The minimum Gasteiger partial charge on any atom is -0.548 e. The van der Waals surface area contributed by atoms with Crippen LogP contribution >= 0.6 is 0 Å². The number of amides is 1. The first-order valence-corrected chi connectivity index (χ1v) is 14.4. The van der Waals surface area contributed by atoms with Crippen molar-refractivity contribution in [3.8, 4) is 0 Å². The van der Waals surface area contributed by atoms with Crippen molar-refractivity contribution in [1.82, 2.24) is 4.90 Å². The zero-order valence-corrected chi connectivity index (χ0v) is 23.1. The number of nitrogens with zero attached hydrogens (tertiary/aromatic N) is 1. The molecule has 1 aliphatic heterocycles. The average Bonchev–Trinajstić information content (AvgIpc) is 3.50. The van der Waals surface area contributed by atoms with Gasteiger partial charge in [-0.25, -0.2) is 0 Å². The number of rotatable bonds is 7. The third-order valence-corrected chi connectivity index (χ3v) is 10.9. The summed E-state index contributed by atoms with van der Waals surface area (Å²) in [6.45, 7) is 3.55. The number of likely N-dealkylation sites (tertiary alicyclic amines) is 1. The summed E-state index contributed by atoms with van der Waals surface area (Å²) in [4.78, 5) is 62.6. The van der Waals surface area contributed by atoms with Gasteiger partial charge in [0.1, 0.15) is 5.60 Å². The fraction of sp³-hybridized carbons (Fsp3) is 0.700. The molecule has 0 aromatic carbocycles. The molecule has 8 atom stereocenters. The van der Waals surface area contributed by atoms with Crippen LogP contribution in [-0.4, -0.2) is 75.4 Å². The van der Waals surface area contributed by atoms with Gasteiger partial charge in [0.2, 0.25) is 11.7 Å². The molecule has 0 aromatic rings. The van der Waals surface area contributed by atoms with Crippen molar-refractivity contribution < 1.29 is 44.0 Å². The fourth-order valence-electron chi connectivity index (χ4n) is 8.79. The van der Waals surface area contributed by atoms with Crippen molar-refractivity contribution in [2.45, 2.75) is 89.4 Å². The van der Waals surface area contributed by atoms with E-state index < -0.39 is 58.8 Å². The number of allylic oxidation sites excluding steroid dienone is 4. The van der Waals surface area contributed by atoms with E-state index in [1.54, 1.807) is 12.2 Å². The van der Waals surface area contributed by atoms with E-state index in [1.165, 1.54) is 4.90 Å². The zero-order valence-electron chi connectivity index (χ0n) is 23.1. The highest BCUT2D eigenvalue weighted by Gasteiger charge is 2.68. The number of Topliss-reactive ketones (excluding diaryl/α,β-unsaturated/α-hetero) is 1. The number of carboxylic acid groups (broad SMARTS) is 1. The maximum absolute atomic E-state index is 13.4. The lowest BCUT2D eigenvalue weighted by Gasteiger charge is -2.59. The second kappa shape index (κ2) is 10.2. The lowest BCUT2D eigenvalue weighted by atomic mass is 9.46. The molecule has 5 rings (SSSR count). The van der Waals surface area contributed by atoms with Gasteiger partial charge < -0.3 is 29.8 Å². The van der Waals surface area contributed by atoms with Crippen LogP contribution in [0.3, 0.4) is 0 Å². The highest BCUT2D eigenvalue weighted by Crippen LogP contribution is 2.67. The van der Waals surface area contributed by atoms with E-state index in [4.69, 9.17) is 4.74 Å². The number of carboxylic acids is 1. The van der Waals surface area contributed by atoms with Gasteiger partial charge in [-0.2, -0.15) is 0 Å². The summed E-state index contributed by atoms with van der Waals surface area (Å²) < 4.78 is 5.16. The number of carbonyl (C=O) groups excluding carboxylic acids is 5. The first-order chi connectivity index (χ1) is 18.8. The van der Waals surface area contributed by atoms with Gasteiger partial charge in [-0.05, 0) is 68.9 Å². The molecule has 5 aliphatic rings. The van der Waals surface area contributed by atoms with E-state index in [9.17, 15) is 39.3 Å². The molecule has 40 heavy (non-hydrogen) atoms. The van der Waals surface area contributed by atoms with Gasteiger partial charge in [0.15, 0.2) is 12.4 Å². The molecular formula is C30H38NO9-. The highest BCUT2D eigenvalue weighted by molar-refractivity contribution is 6.01. The Morgan fingerprint density at radius 3 is 2.62 bits per heavy atom. The monoisotopic (exact) mass is 556 g/mol. The molecule has 1 saturated heterocycles. The maximum atomic E-state index is 13.4. The Balaban J connectivity index is 1.22. The van der Waals surface area contributed by atoms with E-state index in [0.717, 1.165) is 18.4 Å². The fourth-order valence-corrected chi connectivity index (χ4v) is 8.79. The predicted molar refractivity (Wildman–Crippen MR) is 138 cm³/mol. The summed E-state index contributed by atoms with van der Waals surface area (Å²) >= 11 is 0. The van der Waals surface area contributed by atoms with Gasteiger partial charge in [-0.1, -0.05) is 25.5 Å². The second-order valence-electron chi connectivity index (χ2n) is 12.8. The Kier molecular flexibility index (Phi) is 7.32. The van der Waals surface area contributed by atoms with Crippen molar-refractivity contribution in [1.29, 1.82) is 0 Å². The standard InChI is InChI=1S/C30H39NO9/c1-28-11-9-18(32)14-17(28)5-6-19-20-10-12-30(39,29(20,2)15-22(33)26(19)28)23(34)16-40-25(36)8-7-24(35)31-13-3-4-21(31)27(37)38/h9,11,14,19-22,26,33,39H,3-8,10,12-13,15-16H2,1-2H3,(H,37,38)/p-1/t19-,20+,21+,22+,26+,28-,29+,30-/m0/s1. The van der Waals surface area contributed by atoms with E-state index in [2.05, 4.69) is 6.92 Å². The Bertz CT molecular complexity index is 1190. The maximum Gasteiger partial charge on any atom is 0.306 e. The minimum atomic E-state index is -1.77. The Morgan fingerprint density at radius 2 is 1.90 bits per heavy atom. The first kappa shape index (κ1) is 28.7. The van der Waals surface area contributed by atoms with Crippen LogP contribution < -0.4 is 5.11 Å². The predicted octanol–water partition coefficient (Wildman–Crippen LogP) is 0.630. The minimum absolute atomic E-state index is 0.0234. The number of hydrogen-bond donors (Lipinski definition) is 2. The molecule has 3 saturated carbocycles. The zero-order chi connectivity index (χ0) is 29.0. The summed E-state index contributed by atoms with van der Waals surface area (Å²) in [5, 5.41) is 34.4. The molecule has 1 heterocycles. The third-order valence-electron chi connectivity index (χ3n) is 10.9. The van der Waals surface area contributed by atoms with Gasteiger partial charge in [0.25, 0.3) is 0 Å². The molecule has 2 N–H and O–H groups in total. The van der Waals surface area contributed by atoms with Gasteiger partial charge in [0, 0.05) is 29.7 Å². The number of aliphatic carboxylic acids is 1. The smallest absolute Gasteiger partial charge is 0.306 e. The molecule has 1 amide bonds. The van der Waals surface area contributed by atoms with Crippen LogP contribution in [0.4, 0.5) is 0 Å². The van der Waals surface area contributed by atoms with E-state index in [-0.39, 0.29) is 55.8 Å². The van der Waals surface area contributed by atoms with Crippen LogP contribution in [0.15, 0.2) is 23.8 Å². The van der Waals surface area contributed by atoms with E-state index >= 15 is 0 Å². The number of esters is 1. The van der Waals surface area contributed by atoms with Gasteiger partial charge >= 0.3 is 5.97 Å². The first-order valence-electron chi connectivity index (χ1n) is 14.4. The SMILES string of the molecule is C[C@]12C=CC(=O)C=C1CC[C@@H]1[C@@H]2[C@H](O)C[C@]2(C)[C@@H]1CC[C@]2(O)C(=O)COC(=O)CCC(=O)N1CCC[C@@H]1C(=O)[O-]. The van der Waals surface area contributed by atoms with Crippen LogP contribution in [-0.2, 0) is 28.7 Å². The molecule has 0 bridgehead atoms.